The van der Waals surface area contributed by atoms with Crippen LogP contribution in [0.15, 0.2) is 60.8 Å². The van der Waals surface area contributed by atoms with Gasteiger partial charge in [-0.15, -0.1) is 0 Å². The van der Waals surface area contributed by atoms with Crippen molar-refractivity contribution in [3.8, 4) is 0 Å². The minimum atomic E-state index is -1.62. The van der Waals surface area contributed by atoms with Gasteiger partial charge in [0.25, 0.3) is 0 Å². The van der Waals surface area contributed by atoms with E-state index in [9.17, 15) is 19.5 Å². The third kappa shape index (κ3) is 44.8. The number of allylic oxidation sites excluding steroid dienone is 10. The molecule has 0 radical (unpaired) electrons. The summed E-state index contributed by atoms with van der Waals surface area (Å²) in [5.41, 5.74) is 0. The smallest absolute Gasteiger partial charge is 0.306 e. The quantitative estimate of drug-likeness (QED) is 0.0196. The highest BCUT2D eigenvalue weighted by Gasteiger charge is 2.21. The second-order valence-corrected chi connectivity index (χ2v) is 17.4. The lowest BCUT2D eigenvalue weighted by Crippen LogP contribution is -2.44. The van der Waals surface area contributed by atoms with Crippen molar-refractivity contribution in [3.05, 3.63) is 60.8 Å². The summed E-state index contributed by atoms with van der Waals surface area (Å²) in [7, 11) is 5.90. The maximum absolute atomic E-state index is 12.7. The number of aliphatic carboxylic acids is 1. The van der Waals surface area contributed by atoms with Crippen molar-refractivity contribution in [2.75, 3.05) is 47.5 Å². The van der Waals surface area contributed by atoms with Gasteiger partial charge in [0.2, 0.25) is 0 Å². The molecule has 2 unspecified atom stereocenters. The number of carboxylic acid groups (broad SMARTS) is 1. The maximum atomic E-state index is 12.7. The molecule has 0 rings (SSSR count). The Morgan fingerprint density at radius 2 is 0.934 bits per heavy atom. The average molecular weight is 858 g/mol. The highest BCUT2D eigenvalue weighted by atomic mass is 16.7. The molecule has 0 bridgehead atoms. The first-order valence-electron chi connectivity index (χ1n) is 24.4. The predicted octanol–water partition coefficient (Wildman–Crippen LogP) is 12.0. The van der Waals surface area contributed by atoms with E-state index in [1.807, 2.05) is 21.1 Å². The first-order chi connectivity index (χ1) is 29.6. The predicted molar refractivity (Wildman–Crippen MR) is 251 cm³/mol. The summed E-state index contributed by atoms with van der Waals surface area (Å²) >= 11 is 0. The minimum absolute atomic E-state index is 0.147. The van der Waals surface area contributed by atoms with Crippen molar-refractivity contribution in [3.63, 3.8) is 0 Å². The number of rotatable bonds is 44. The van der Waals surface area contributed by atoms with Crippen LogP contribution in [-0.4, -0.2) is 82.3 Å². The average Bonchev–Trinajstić information content (AvgIpc) is 3.22. The van der Waals surface area contributed by atoms with E-state index in [1.165, 1.54) is 77.0 Å². The zero-order valence-corrected chi connectivity index (χ0v) is 39.8. The van der Waals surface area contributed by atoms with Crippen LogP contribution in [0.3, 0.4) is 0 Å². The van der Waals surface area contributed by atoms with E-state index < -0.39 is 24.3 Å². The second-order valence-electron chi connectivity index (χ2n) is 17.4. The first-order valence-corrected chi connectivity index (χ1v) is 24.4. The summed E-state index contributed by atoms with van der Waals surface area (Å²) < 4.78 is 22.4. The molecule has 9 nitrogen and oxygen atoms in total. The van der Waals surface area contributed by atoms with E-state index >= 15 is 0 Å². The molecule has 0 amide bonds. The van der Waals surface area contributed by atoms with Gasteiger partial charge in [0.15, 0.2) is 12.4 Å². The van der Waals surface area contributed by atoms with Crippen LogP contribution in [0.4, 0.5) is 0 Å². The number of esters is 2. The zero-order valence-electron chi connectivity index (χ0n) is 39.8. The van der Waals surface area contributed by atoms with Gasteiger partial charge in [0.1, 0.15) is 13.2 Å². The number of hydrogen-bond donors (Lipinski definition) is 0. The van der Waals surface area contributed by atoms with Gasteiger partial charge in [-0.1, -0.05) is 184 Å². The molecule has 0 aromatic heterocycles. The molecule has 0 spiro atoms. The Kier molecular flexibility index (Phi) is 41.5. The fourth-order valence-electron chi connectivity index (χ4n) is 6.50. The van der Waals surface area contributed by atoms with Crippen molar-refractivity contribution in [1.29, 1.82) is 0 Å². The van der Waals surface area contributed by atoms with E-state index in [4.69, 9.17) is 18.9 Å². The number of carbonyl (C=O) groups is 3. The van der Waals surface area contributed by atoms with Crippen molar-refractivity contribution in [2.24, 2.45) is 0 Å². The number of hydrogen-bond acceptors (Lipinski definition) is 8. The van der Waals surface area contributed by atoms with E-state index in [-0.39, 0.29) is 38.6 Å². The lowest BCUT2D eigenvalue weighted by molar-refractivity contribution is -0.870. The standard InChI is InChI=1S/C52H91NO8/c1-6-8-10-12-13-14-15-16-17-18-19-20-21-22-23-24-25-26-27-28-29-30-31-32-33-34-35-36-37-39-41-43-50(55)61-48(46-59-49(54)42-40-38-11-9-7-2)47-60-52(51(56)57)58-45-44-53(3,4)5/h8,10,13-14,16-17,19-20,22-23,48,52H,6-7,9,11-12,15,18,21,24-47H2,1-5H3/b10-8-,14-13-,17-16-,20-19-,23-22-. The van der Waals surface area contributed by atoms with Gasteiger partial charge in [-0.3, -0.25) is 9.59 Å². The number of carboxylic acids is 1. The molecular formula is C52H91NO8. The van der Waals surface area contributed by atoms with E-state index in [0.29, 0.717) is 17.4 Å². The monoisotopic (exact) mass is 858 g/mol. The second kappa shape index (κ2) is 43.6. The number of carbonyl (C=O) groups excluding carboxylic acids is 3. The minimum Gasteiger partial charge on any atom is -0.545 e. The van der Waals surface area contributed by atoms with Crippen LogP contribution in [0.1, 0.15) is 194 Å². The number of likely N-dealkylation sites (N-methyl/N-ethyl adjacent to an activating group) is 1. The Morgan fingerprint density at radius 1 is 0.508 bits per heavy atom. The van der Waals surface area contributed by atoms with E-state index in [1.54, 1.807) is 0 Å². The van der Waals surface area contributed by atoms with Gasteiger partial charge < -0.3 is 33.3 Å². The molecule has 0 aromatic carbocycles. The van der Waals surface area contributed by atoms with Gasteiger partial charge in [-0.25, -0.2) is 0 Å². The lowest BCUT2D eigenvalue weighted by atomic mass is 10.0. The Labute approximate surface area is 374 Å². The molecule has 0 saturated carbocycles. The number of unbranched alkanes of at least 4 members (excludes halogenated alkanes) is 19. The largest absolute Gasteiger partial charge is 0.545 e. The van der Waals surface area contributed by atoms with Crippen LogP contribution in [0, 0.1) is 0 Å². The topological polar surface area (TPSA) is 111 Å². The van der Waals surface area contributed by atoms with Crippen LogP contribution in [-0.2, 0) is 33.3 Å². The fraction of sp³-hybridized carbons (Fsp3) is 0.750. The van der Waals surface area contributed by atoms with Crippen LogP contribution >= 0.6 is 0 Å². The molecule has 61 heavy (non-hydrogen) atoms. The zero-order chi connectivity index (χ0) is 44.9. The number of quaternary nitrogens is 1. The Morgan fingerprint density at radius 3 is 1.39 bits per heavy atom. The summed E-state index contributed by atoms with van der Waals surface area (Å²) in [6, 6.07) is 0. The molecule has 0 aliphatic carbocycles. The third-order valence-electron chi connectivity index (χ3n) is 10.3. The molecule has 9 heteroatoms. The van der Waals surface area contributed by atoms with Crippen molar-refractivity contribution >= 4 is 17.9 Å². The fourth-order valence-corrected chi connectivity index (χ4v) is 6.50. The van der Waals surface area contributed by atoms with Gasteiger partial charge in [0.05, 0.1) is 40.3 Å². The van der Waals surface area contributed by atoms with Crippen molar-refractivity contribution < 1.29 is 42.9 Å². The first kappa shape index (κ1) is 58.0. The summed E-state index contributed by atoms with van der Waals surface area (Å²) in [4.78, 5) is 36.7. The molecule has 0 aliphatic heterocycles. The van der Waals surface area contributed by atoms with Crippen LogP contribution in [0.25, 0.3) is 0 Å². The molecule has 0 fully saturated rings. The Balaban J connectivity index is 4.00. The Hall–Kier alpha value is -3.01. The Bertz CT molecular complexity index is 1180. The molecule has 0 saturated heterocycles. The van der Waals surface area contributed by atoms with Crippen molar-refractivity contribution in [2.45, 2.75) is 206 Å². The molecule has 0 aliphatic rings. The molecule has 0 aromatic rings. The summed E-state index contributed by atoms with van der Waals surface area (Å²) in [5.74, 6) is -2.30. The van der Waals surface area contributed by atoms with Gasteiger partial charge in [0, 0.05) is 12.8 Å². The molecule has 352 valence electrons. The van der Waals surface area contributed by atoms with Crippen LogP contribution < -0.4 is 5.11 Å². The van der Waals surface area contributed by atoms with Crippen molar-refractivity contribution in [1.82, 2.24) is 0 Å². The summed E-state index contributed by atoms with van der Waals surface area (Å²) in [6.45, 7) is 4.52. The lowest BCUT2D eigenvalue weighted by Gasteiger charge is -2.26. The molecule has 0 heterocycles. The SMILES string of the molecule is CC/C=C\C/C=C\C/C=C\C/C=C\C/C=C\CCCCCCCCCCCCCCCCCC(=O)OC(COC(=O)CCCCCCC)COC(OCC[N+](C)(C)C)C(=O)[O-]. The molecular weight excluding hydrogens is 767 g/mol. The van der Waals surface area contributed by atoms with Gasteiger partial charge in [-0.05, 0) is 57.8 Å². The molecule has 2 atom stereocenters. The highest BCUT2D eigenvalue weighted by molar-refractivity contribution is 5.70. The number of ether oxygens (including phenoxy) is 4. The normalized spacial score (nSPS) is 13.4. The van der Waals surface area contributed by atoms with E-state index in [2.05, 4.69) is 74.6 Å². The maximum Gasteiger partial charge on any atom is 0.306 e. The molecule has 0 N–H and O–H groups in total. The summed E-state index contributed by atoms with van der Waals surface area (Å²) in [5, 5.41) is 11.6. The van der Waals surface area contributed by atoms with Gasteiger partial charge >= 0.3 is 11.9 Å². The summed E-state index contributed by atoms with van der Waals surface area (Å²) in [6.07, 6.45) is 50.3. The van der Waals surface area contributed by atoms with E-state index in [0.717, 1.165) is 83.5 Å². The van der Waals surface area contributed by atoms with Crippen LogP contribution in [0.2, 0.25) is 0 Å². The third-order valence-corrected chi connectivity index (χ3v) is 10.3. The van der Waals surface area contributed by atoms with Gasteiger partial charge in [-0.2, -0.15) is 0 Å². The highest BCUT2D eigenvalue weighted by Crippen LogP contribution is 2.15. The van der Waals surface area contributed by atoms with Crippen LogP contribution in [0.5, 0.6) is 0 Å². The number of nitrogens with zero attached hydrogens (tertiary/aromatic N) is 1.